The van der Waals surface area contributed by atoms with Crippen LogP contribution in [-0.2, 0) is 11.8 Å². The summed E-state index contributed by atoms with van der Waals surface area (Å²) >= 11 is 0. The third-order valence-corrected chi connectivity index (χ3v) is 3.76. The highest BCUT2D eigenvalue weighted by Gasteiger charge is 2.40. The van der Waals surface area contributed by atoms with Gasteiger partial charge in [0.25, 0.3) is 0 Å². The lowest BCUT2D eigenvalue weighted by Gasteiger charge is -2.23. The van der Waals surface area contributed by atoms with Crippen molar-refractivity contribution in [3.05, 3.63) is 35.1 Å². The van der Waals surface area contributed by atoms with E-state index in [1.165, 1.54) is 24.0 Å². The minimum Gasteiger partial charge on any atom is -0.316 e. The Labute approximate surface area is 95.5 Å². The Morgan fingerprint density at radius 3 is 2.87 bits per heavy atom. The van der Waals surface area contributed by atoms with E-state index >= 15 is 0 Å². The first-order valence-corrected chi connectivity index (χ1v) is 5.30. The molecule has 3 heteroatoms. The quantitative estimate of drug-likeness (QED) is 0.718. The Morgan fingerprint density at radius 2 is 2.13 bits per heavy atom. The lowest BCUT2D eigenvalue weighted by Crippen LogP contribution is -2.25. The van der Waals surface area contributed by atoms with E-state index in [0.717, 1.165) is 19.5 Å². The maximum absolute atomic E-state index is 13.0. The largest absolute Gasteiger partial charge is 0.316 e. The molecule has 1 aromatic rings. The van der Waals surface area contributed by atoms with Crippen molar-refractivity contribution in [2.24, 2.45) is 0 Å². The van der Waals surface area contributed by atoms with Crippen LogP contribution in [-0.4, -0.2) is 13.1 Å². The Balaban J connectivity index is 0.000000853. The molecule has 3 rings (SSSR count). The van der Waals surface area contributed by atoms with Gasteiger partial charge in [0.15, 0.2) is 0 Å². The zero-order chi connectivity index (χ0) is 9.60. The number of halogens is 2. The fourth-order valence-electron chi connectivity index (χ4n) is 2.98. The monoisotopic (exact) mass is 227 g/mol. The summed E-state index contributed by atoms with van der Waals surface area (Å²) < 4.78 is 13.0. The molecule has 1 heterocycles. The van der Waals surface area contributed by atoms with Crippen LogP contribution in [0.3, 0.4) is 0 Å². The lowest BCUT2D eigenvalue weighted by atomic mass is 9.81. The molecule has 1 unspecified atom stereocenters. The second-order valence-corrected chi connectivity index (χ2v) is 4.51. The first-order chi connectivity index (χ1) is 6.80. The van der Waals surface area contributed by atoms with Gasteiger partial charge >= 0.3 is 0 Å². The smallest absolute Gasteiger partial charge is 0.123 e. The summed E-state index contributed by atoms with van der Waals surface area (Å²) in [5, 5.41) is 3.42. The summed E-state index contributed by atoms with van der Waals surface area (Å²) in [6.45, 7) is 2.18. The van der Waals surface area contributed by atoms with Gasteiger partial charge in [-0.15, -0.1) is 12.4 Å². The Morgan fingerprint density at radius 1 is 1.27 bits per heavy atom. The molecule has 1 aromatic carbocycles. The predicted octanol–water partition coefficient (Wildman–Crippen LogP) is 2.42. The molecule has 1 spiro atoms. The van der Waals surface area contributed by atoms with Crippen molar-refractivity contribution in [3.63, 3.8) is 0 Å². The molecule has 0 saturated carbocycles. The van der Waals surface area contributed by atoms with E-state index in [4.69, 9.17) is 0 Å². The van der Waals surface area contributed by atoms with E-state index in [9.17, 15) is 4.39 Å². The third kappa shape index (κ3) is 1.56. The Kier molecular flexibility index (Phi) is 2.73. The van der Waals surface area contributed by atoms with Gasteiger partial charge in [-0.3, -0.25) is 0 Å². The van der Waals surface area contributed by atoms with Crippen LogP contribution in [0.25, 0.3) is 0 Å². The molecule has 82 valence electrons. The molecular formula is C12H15ClFN. The second-order valence-electron chi connectivity index (χ2n) is 4.51. The van der Waals surface area contributed by atoms with E-state index in [0.29, 0.717) is 5.41 Å². The molecule has 1 fully saturated rings. The van der Waals surface area contributed by atoms with E-state index < -0.39 is 0 Å². The third-order valence-electron chi connectivity index (χ3n) is 3.76. The number of hydrogen-bond acceptors (Lipinski definition) is 1. The molecule has 2 aliphatic rings. The molecule has 1 saturated heterocycles. The molecule has 1 aliphatic carbocycles. The standard InChI is InChI=1S/C12H14FN.ClH/c13-10-1-2-11-9(7-10)3-4-12(11)5-6-14-8-12;/h1-2,7,14H,3-6,8H2;1H. The minimum absolute atomic E-state index is 0. The molecule has 15 heavy (non-hydrogen) atoms. The van der Waals surface area contributed by atoms with Crippen molar-refractivity contribution < 1.29 is 4.39 Å². The zero-order valence-electron chi connectivity index (χ0n) is 8.55. The van der Waals surface area contributed by atoms with E-state index in [-0.39, 0.29) is 18.2 Å². The number of hydrogen-bond donors (Lipinski definition) is 1. The lowest BCUT2D eigenvalue weighted by molar-refractivity contribution is 0.468. The maximum Gasteiger partial charge on any atom is 0.123 e. The first kappa shape index (κ1) is 10.9. The van der Waals surface area contributed by atoms with Crippen LogP contribution in [0, 0.1) is 5.82 Å². The SMILES string of the molecule is Cl.Fc1ccc2c(c1)CCC21CCNC1. The number of nitrogens with one attached hydrogen (secondary N) is 1. The molecule has 0 radical (unpaired) electrons. The predicted molar refractivity (Wildman–Crippen MR) is 61.1 cm³/mol. The summed E-state index contributed by atoms with van der Waals surface area (Å²) in [5.74, 6) is -0.0910. The van der Waals surface area contributed by atoms with Crippen LogP contribution in [0.15, 0.2) is 18.2 Å². The van der Waals surface area contributed by atoms with Crippen LogP contribution < -0.4 is 5.32 Å². The van der Waals surface area contributed by atoms with Crippen molar-refractivity contribution in [1.82, 2.24) is 5.32 Å². The fourth-order valence-corrected chi connectivity index (χ4v) is 2.98. The van der Waals surface area contributed by atoms with Crippen LogP contribution in [0.1, 0.15) is 24.0 Å². The average molecular weight is 228 g/mol. The molecule has 1 N–H and O–H groups in total. The van der Waals surface area contributed by atoms with Gasteiger partial charge in [-0.1, -0.05) is 6.07 Å². The number of benzene rings is 1. The summed E-state index contributed by atoms with van der Waals surface area (Å²) in [5.41, 5.74) is 2.96. The van der Waals surface area contributed by atoms with Gasteiger partial charge in [0.05, 0.1) is 0 Å². The topological polar surface area (TPSA) is 12.0 Å². The van der Waals surface area contributed by atoms with Crippen LogP contribution in [0.5, 0.6) is 0 Å². The fraction of sp³-hybridized carbons (Fsp3) is 0.500. The van der Waals surface area contributed by atoms with Crippen LogP contribution in [0.2, 0.25) is 0 Å². The van der Waals surface area contributed by atoms with Crippen LogP contribution >= 0.6 is 12.4 Å². The second kappa shape index (κ2) is 3.76. The molecule has 1 nitrogen and oxygen atoms in total. The molecule has 1 atom stereocenters. The van der Waals surface area contributed by atoms with Gasteiger partial charge in [-0.25, -0.2) is 4.39 Å². The van der Waals surface area contributed by atoms with Crippen molar-refractivity contribution in [2.45, 2.75) is 24.7 Å². The number of fused-ring (bicyclic) bond motifs is 2. The number of rotatable bonds is 0. The molecule has 0 aromatic heterocycles. The molecule has 1 aliphatic heterocycles. The highest BCUT2D eigenvalue weighted by atomic mass is 35.5. The Hall–Kier alpha value is -0.600. The molecule has 0 bridgehead atoms. The summed E-state index contributed by atoms with van der Waals surface area (Å²) in [7, 11) is 0. The zero-order valence-corrected chi connectivity index (χ0v) is 9.37. The molecular weight excluding hydrogens is 213 g/mol. The van der Waals surface area contributed by atoms with Crippen molar-refractivity contribution in [3.8, 4) is 0 Å². The highest BCUT2D eigenvalue weighted by molar-refractivity contribution is 5.85. The Bertz CT molecular complexity index is 372. The summed E-state index contributed by atoms with van der Waals surface area (Å²) in [4.78, 5) is 0. The van der Waals surface area contributed by atoms with Gasteiger partial charge in [-0.05, 0) is 49.1 Å². The highest BCUT2D eigenvalue weighted by Crippen LogP contribution is 2.43. The van der Waals surface area contributed by atoms with Crippen molar-refractivity contribution in [2.75, 3.05) is 13.1 Å². The average Bonchev–Trinajstić information content (AvgIpc) is 2.77. The van der Waals surface area contributed by atoms with E-state index in [2.05, 4.69) is 5.32 Å². The first-order valence-electron chi connectivity index (χ1n) is 5.30. The summed E-state index contributed by atoms with van der Waals surface area (Å²) in [6.07, 6.45) is 3.46. The van der Waals surface area contributed by atoms with Crippen LogP contribution in [0.4, 0.5) is 4.39 Å². The van der Waals surface area contributed by atoms with E-state index in [1.807, 2.05) is 6.07 Å². The van der Waals surface area contributed by atoms with Gasteiger partial charge < -0.3 is 5.32 Å². The van der Waals surface area contributed by atoms with Crippen molar-refractivity contribution in [1.29, 1.82) is 0 Å². The van der Waals surface area contributed by atoms with Gasteiger partial charge in [-0.2, -0.15) is 0 Å². The van der Waals surface area contributed by atoms with Crippen molar-refractivity contribution >= 4 is 12.4 Å². The summed E-state index contributed by atoms with van der Waals surface area (Å²) in [6, 6.07) is 5.30. The normalized spacial score (nSPS) is 27.8. The van der Waals surface area contributed by atoms with Gasteiger partial charge in [0.2, 0.25) is 0 Å². The minimum atomic E-state index is -0.0910. The molecule has 0 amide bonds. The maximum atomic E-state index is 13.0. The van der Waals surface area contributed by atoms with Gasteiger partial charge in [0, 0.05) is 12.0 Å². The number of aryl methyl sites for hydroxylation is 1. The van der Waals surface area contributed by atoms with E-state index in [1.54, 1.807) is 12.1 Å². The van der Waals surface area contributed by atoms with Gasteiger partial charge in [0.1, 0.15) is 5.82 Å².